The minimum absolute atomic E-state index is 0.0963. The van der Waals surface area contributed by atoms with Crippen LogP contribution in [0.3, 0.4) is 0 Å². The van der Waals surface area contributed by atoms with Gasteiger partial charge in [0.15, 0.2) is 0 Å². The van der Waals surface area contributed by atoms with Gasteiger partial charge < -0.3 is 19.4 Å². The molecule has 0 atom stereocenters. The molecule has 1 N–H and O–H groups in total. The molecule has 1 aliphatic rings. The molecule has 1 aromatic carbocycles. The summed E-state index contributed by atoms with van der Waals surface area (Å²) >= 11 is 0. The second-order valence-electron chi connectivity index (χ2n) is 6.31. The fraction of sp³-hybridized carbons (Fsp3) is 0.190. The van der Waals surface area contributed by atoms with E-state index in [0.717, 1.165) is 17.7 Å². The van der Waals surface area contributed by atoms with E-state index in [9.17, 15) is 9.59 Å². The number of hydrogen-bond acceptors (Lipinski definition) is 5. The average Bonchev–Trinajstić information content (AvgIpc) is 3.38. The van der Waals surface area contributed by atoms with Crippen LogP contribution < -0.4 is 15.0 Å². The number of furan rings is 1. The third-order valence-corrected chi connectivity index (χ3v) is 4.54. The zero-order chi connectivity index (χ0) is 19.5. The summed E-state index contributed by atoms with van der Waals surface area (Å²) in [5.74, 6) is -0.0811. The highest BCUT2D eigenvalue weighted by Gasteiger charge is 2.26. The largest absolute Gasteiger partial charge is 0.477 e. The normalized spacial score (nSPS) is 12.5. The molecule has 28 heavy (non-hydrogen) atoms. The van der Waals surface area contributed by atoms with Gasteiger partial charge in [-0.25, -0.2) is 4.98 Å². The van der Waals surface area contributed by atoms with Crippen LogP contribution >= 0.6 is 0 Å². The van der Waals surface area contributed by atoms with Crippen LogP contribution in [-0.2, 0) is 6.42 Å². The molecule has 2 aromatic heterocycles. The summed E-state index contributed by atoms with van der Waals surface area (Å²) in [4.78, 5) is 31.1. The molecule has 0 spiro atoms. The number of ether oxygens (including phenoxy) is 1. The lowest BCUT2D eigenvalue weighted by Gasteiger charge is -2.16. The smallest absolute Gasteiger partial charge is 0.261 e. The second-order valence-corrected chi connectivity index (χ2v) is 6.31. The van der Waals surface area contributed by atoms with E-state index in [4.69, 9.17) is 9.15 Å². The Morgan fingerprint density at radius 1 is 1.29 bits per heavy atom. The Kier molecular flexibility index (Phi) is 4.80. The number of aromatic nitrogens is 1. The van der Waals surface area contributed by atoms with Crippen LogP contribution in [0, 0.1) is 0 Å². The molecule has 0 bridgehead atoms. The number of fused-ring (bicyclic) bond motifs is 1. The van der Waals surface area contributed by atoms with Crippen molar-refractivity contribution in [3.8, 4) is 5.88 Å². The number of pyridine rings is 1. The molecule has 0 unspecified atom stereocenters. The molecule has 1 aliphatic heterocycles. The van der Waals surface area contributed by atoms with Crippen molar-refractivity contribution in [1.82, 2.24) is 4.98 Å². The Hall–Kier alpha value is -3.61. The first kappa shape index (κ1) is 17.8. The van der Waals surface area contributed by atoms with Gasteiger partial charge in [0.1, 0.15) is 11.8 Å². The standard InChI is InChI=1S/C21H19N3O4/c1-2-28-20-17(4-3-9-22-20)19(25)23-16-5-6-18-14(12-16)7-10-24(18)21(26)15-8-11-27-13-15/h3-6,8-9,11-13H,2,7,10H2,1H3,(H,23,25). The zero-order valence-corrected chi connectivity index (χ0v) is 15.3. The second kappa shape index (κ2) is 7.56. The Morgan fingerprint density at radius 3 is 2.96 bits per heavy atom. The van der Waals surface area contributed by atoms with E-state index >= 15 is 0 Å². The molecule has 0 saturated heterocycles. The maximum atomic E-state index is 12.6. The van der Waals surface area contributed by atoms with Crippen LogP contribution in [0.25, 0.3) is 0 Å². The Morgan fingerprint density at radius 2 is 2.18 bits per heavy atom. The highest BCUT2D eigenvalue weighted by molar-refractivity contribution is 6.08. The van der Waals surface area contributed by atoms with Crippen molar-refractivity contribution in [2.24, 2.45) is 0 Å². The van der Waals surface area contributed by atoms with E-state index < -0.39 is 0 Å². The lowest BCUT2D eigenvalue weighted by Crippen LogP contribution is -2.28. The number of benzene rings is 1. The Balaban J connectivity index is 1.53. The number of amides is 2. The summed E-state index contributed by atoms with van der Waals surface area (Å²) in [7, 11) is 0. The van der Waals surface area contributed by atoms with E-state index in [-0.39, 0.29) is 11.8 Å². The maximum absolute atomic E-state index is 12.6. The maximum Gasteiger partial charge on any atom is 0.261 e. The van der Waals surface area contributed by atoms with Crippen molar-refractivity contribution in [1.29, 1.82) is 0 Å². The van der Waals surface area contributed by atoms with E-state index in [1.165, 1.54) is 12.5 Å². The number of rotatable bonds is 5. The third-order valence-electron chi connectivity index (χ3n) is 4.54. The van der Waals surface area contributed by atoms with Crippen molar-refractivity contribution in [2.45, 2.75) is 13.3 Å². The zero-order valence-electron chi connectivity index (χ0n) is 15.3. The number of nitrogens with one attached hydrogen (secondary N) is 1. The van der Waals surface area contributed by atoms with Gasteiger partial charge in [-0.2, -0.15) is 0 Å². The van der Waals surface area contributed by atoms with Crippen LogP contribution in [0.5, 0.6) is 5.88 Å². The van der Waals surface area contributed by atoms with Gasteiger partial charge in [-0.15, -0.1) is 0 Å². The first-order valence-electron chi connectivity index (χ1n) is 9.03. The summed E-state index contributed by atoms with van der Waals surface area (Å²) in [6, 6.07) is 10.5. The molecule has 7 nitrogen and oxygen atoms in total. The van der Waals surface area contributed by atoms with Gasteiger partial charge in [0.2, 0.25) is 5.88 Å². The lowest BCUT2D eigenvalue weighted by molar-refractivity contribution is 0.0986. The first-order valence-corrected chi connectivity index (χ1v) is 9.03. The van der Waals surface area contributed by atoms with E-state index in [1.807, 2.05) is 19.1 Å². The van der Waals surface area contributed by atoms with Gasteiger partial charge in [-0.3, -0.25) is 9.59 Å². The van der Waals surface area contributed by atoms with Gasteiger partial charge in [-0.1, -0.05) is 0 Å². The molecule has 3 aromatic rings. The number of hydrogen-bond donors (Lipinski definition) is 1. The molecule has 0 saturated carbocycles. The highest BCUT2D eigenvalue weighted by atomic mass is 16.5. The Bertz CT molecular complexity index is 1010. The van der Waals surface area contributed by atoms with E-state index in [1.54, 1.807) is 35.4 Å². The van der Waals surface area contributed by atoms with Crippen molar-refractivity contribution >= 4 is 23.2 Å². The SMILES string of the molecule is CCOc1ncccc1C(=O)Nc1ccc2c(c1)CCN2C(=O)c1ccoc1. The van der Waals surface area contributed by atoms with E-state index in [0.29, 0.717) is 35.8 Å². The highest BCUT2D eigenvalue weighted by Crippen LogP contribution is 2.32. The summed E-state index contributed by atoms with van der Waals surface area (Å²) in [6.07, 6.45) is 5.24. The summed E-state index contributed by atoms with van der Waals surface area (Å²) < 4.78 is 10.4. The predicted molar refractivity (Wildman–Crippen MR) is 104 cm³/mol. The first-order chi connectivity index (χ1) is 13.7. The minimum atomic E-state index is -0.291. The molecule has 0 fully saturated rings. The monoisotopic (exact) mass is 377 g/mol. The van der Waals surface area contributed by atoms with Crippen LogP contribution in [0.15, 0.2) is 59.5 Å². The summed E-state index contributed by atoms with van der Waals surface area (Å²) in [6.45, 7) is 2.86. The van der Waals surface area contributed by atoms with Crippen LogP contribution in [0.4, 0.5) is 11.4 Å². The molecule has 4 rings (SSSR count). The van der Waals surface area contributed by atoms with Crippen LogP contribution in [0.2, 0.25) is 0 Å². The molecule has 0 aliphatic carbocycles. The minimum Gasteiger partial charge on any atom is -0.477 e. The predicted octanol–water partition coefficient (Wildman–Crippen LogP) is 3.53. The molecule has 3 heterocycles. The molecule has 142 valence electrons. The van der Waals surface area contributed by atoms with Crippen LogP contribution in [-0.4, -0.2) is 29.9 Å². The van der Waals surface area contributed by atoms with Crippen LogP contribution in [0.1, 0.15) is 33.2 Å². The molecule has 0 radical (unpaired) electrons. The average molecular weight is 377 g/mol. The van der Waals surface area contributed by atoms with E-state index in [2.05, 4.69) is 10.3 Å². The van der Waals surface area contributed by atoms with Gasteiger partial charge in [0.25, 0.3) is 11.8 Å². The van der Waals surface area contributed by atoms with Crippen molar-refractivity contribution < 1.29 is 18.7 Å². The van der Waals surface area contributed by atoms with Crippen molar-refractivity contribution in [3.05, 3.63) is 71.8 Å². The van der Waals surface area contributed by atoms with Gasteiger partial charge in [0, 0.05) is 24.1 Å². The Labute approximate surface area is 161 Å². The van der Waals surface area contributed by atoms with Gasteiger partial charge in [-0.05, 0) is 55.3 Å². The van der Waals surface area contributed by atoms with Gasteiger partial charge in [0.05, 0.1) is 18.4 Å². The summed E-state index contributed by atoms with van der Waals surface area (Å²) in [5.41, 5.74) is 3.41. The molecular formula is C21H19N3O4. The fourth-order valence-electron chi connectivity index (χ4n) is 3.25. The molecular weight excluding hydrogens is 358 g/mol. The number of anilines is 2. The topological polar surface area (TPSA) is 84.7 Å². The molecule has 7 heteroatoms. The van der Waals surface area contributed by atoms with Crippen molar-refractivity contribution in [2.75, 3.05) is 23.4 Å². The van der Waals surface area contributed by atoms with Gasteiger partial charge >= 0.3 is 0 Å². The lowest BCUT2D eigenvalue weighted by atomic mass is 10.1. The van der Waals surface area contributed by atoms with Crippen molar-refractivity contribution in [3.63, 3.8) is 0 Å². The quantitative estimate of drug-likeness (QED) is 0.735. The number of carbonyl (C=O) groups is 2. The summed E-state index contributed by atoms with van der Waals surface area (Å²) in [5, 5.41) is 2.88. The number of carbonyl (C=O) groups excluding carboxylic acids is 2. The number of nitrogens with zero attached hydrogens (tertiary/aromatic N) is 2. The third kappa shape index (κ3) is 3.34. The fourth-order valence-corrected chi connectivity index (χ4v) is 3.25. The molecule has 2 amide bonds.